The fourth-order valence-corrected chi connectivity index (χ4v) is 2.35. The Morgan fingerprint density at radius 2 is 1.58 bits per heavy atom. The van der Waals surface area contributed by atoms with Crippen LogP contribution in [-0.4, -0.2) is 20.4 Å². The number of esters is 2. The van der Waals surface area contributed by atoms with E-state index in [1.807, 2.05) is 0 Å². The van der Waals surface area contributed by atoms with Gasteiger partial charge < -0.3 is 15.2 Å². The minimum absolute atomic E-state index is 0.0159. The monoisotopic (exact) mass is 459 g/mol. The molecule has 2 N–H and O–H groups in total. The number of thiol groups is 1. The highest BCUT2D eigenvalue weighted by Gasteiger charge is 2.31. The van der Waals surface area contributed by atoms with Crippen LogP contribution in [0.1, 0.15) is 25.0 Å². The van der Waals surface area contributed by atoms with E-state index in [9.17, 15) is 31.2 Å². The molecule has 0 heterocycles. The number of ether oxygens (including phenoxy) is 2. The first kappa shape index (κ1) is 25.9. The second kappa shape index (κ2) is 11.3. The Morgan fingerprint density at radius 3 is 2.03 bits per heavy atom. The number of hydrogen-bond acceptors (Lipinski definition) is 7. The zero-order valence-electron chi connectivity index (χ0n) is 16.6. The molecule has 0 radical (unpaired) electrons. The van der Waals surface area contributed by atoms with Gasteiger partial charge in [-0.05, 0) is 41.0 Å². The first-order valence-corrected chi connectivity index (χ1v) is 9.81. The summed E-state index contributed by atoms with van der Waals surface area (Å²) < 4.78 is 67.6. The molecule has 0 saturated carbocycles. The lowest BCUT2D eigenvalue weighted by molar-refractivity contribution is -0.137. The van der Waals surface area contributed by atoms with Crippen LogP contribution in [0.3, 0.4) is 0 Å². The number of nitrogens with two attached hydrogens (primary N) is 1. The summed E-state index contributed by atoms with van der Waals surface area (Å²) in [5, 5.41) is 0.870. The van der Waals surface area contributed by atoms with Crippen molar-refractivity contribution in [3.63, 3.8) is 0 Å². The van der Waals surface area contributed by atoms with Gasteiger partial charge in [-0.1, -0.05) is 18.7 Å². The van der Waals surface area contributed by atoms with Crippen molar-refractivity contribution in [2.45, 2.75) is 26.6 Å². The molecule has 0 bridgehead atoms. The maximum Gasteiger partial charge on any atom is 0.416 e. The van der Waals surface area contributed by atoms with Gasteiger partial charge in [0.05, 0.1) is 5.56 Å². The molecule has 31 heavy (non-hydrogen) atoms. The van der Waals surface area contributed by atoms with E-state index in [4.69, 9.17) is 15.2 Å². The van der Waals surface area contributed by atoms with Crippen molar-refractivity contribution in [2.75, 3.05) is 0 Å². The van der Waals surface area contributed by atoms with Crippen LogP contribution in [-0.2, 0) is 33.0 Å². The molecule has 0 saturated heterocycles. The SMILES string of the molecule is C=C[SH](=O)=O.CC(=O)Oc1ccc(-c2cc(C(F)(F)F)ccc2CN)cc1OC(C)=O. The Morgan fingerprint density at radius 1 is 1.03 bits per heavy atom. The standard InChI is InChI=1S/C18H16F3NO4.C2H4O2S/c1-10(23)25-16-6-4-12(7-17(16)26-11(2)24)15-8-14(18(19,20)21)5-3-13(15)9-22;1-2-5(3)4/h3-8H,9,22H2,1-2H3;2,5H,1H2. The van der Waals surface area contributed by atoms with Gasteiger partial charge >= 0.3 is 18.1 Å². The molecule has 0 unspecified atom stereocenters. The normalized spacial score (nSPS) is 10.7. The van der Waals surface area contributed by atoms with Crippen LogP contribution in [0.5, 0.6) is 11.5 Å². The molecule has 7 nitrogen and oxygen atoms in total. The average Bonchev–Trinajstić information content (AvgIpc) is 2.67. The highest BCUT2D eigenvalue weighted by atomic mass is 32.2. The quantitative estimate of drug-likeness (QED) is 0.400. The van der Waals surface area contributed by atoms with Crippen LogP contribution in [0.2, 0.25) is 0 Å². The Balaban J connectivity index is 0.000000861. The molecule has 2 aromatic carbocycles. The van der Waals surface area contributed by atoms with E-state index in [1.54, 1.807) is 0 Å². The van der Waals surface area contributed by atoms with Gasteiger partial charge in [-0.15, -0.1) is 0 Å². The molecule has 11 heteroatoms. The molecule has 0 atom stereocenters. The summed E-state index contributed by atoms with van der Waals surface area (Å²) in [5.41, 5.74) is 5.85. The van der Waals surface area contributed by atoms with Crippen LogP contribution < -0.4 is 15.2 Å². The summed E-state index contributed by atoms with van der Waals surface area (Å²) in [5.74, 6) is -1.39. The van der Waals surface area contributed by atoms with Gasteiger partial charge in [0.25, 0.3) is 0 Å². The number of carbonyl (C=O) groups excluding carboxylic acids is 2. The molecular formula is C20H20F3NO6S. The van der Waals surface area contributed by atoms with E-state index < -0.39 is 34.4 Å². The van der Waals surface area contributed by atoms with E-state index in [0.717, 1.165) is 24.5 Å². The molecular weight excluding hydrogens is 439 g/mol. The van der Waals surface area contributed by atoms with Gasteiger partial charge in [0.2, 0.25) is 0 Å². The first-order chi connectivity index (χ1) is 14.4. The van der Waals surface area contributed by atoms with Gasteiger partial charge in [0.15, 0.2) is 22.2 Å². The largest absolute Gasteiger partial charge is 0.423 e. The lowest BCUT2D eigenvalue weighted by atomic mass is 9.96. The van der Waals surface area contributed by atoms with Crippen molar-refractivity contribution < 1.29 is 40.7 Å². The predicted molar refractivity (Wildman–Crippen MR) is 108 cm³/mol. The van der Waals surface area contributed by atoms with Crippen LogP contribution >= 0.6 is 0 Å². The third kappa shape index (κ3) is 8.22. The molecule has 0 aromatic heterocycles. The minimum atomic E-state index is -4.52. The zero-order chi connectivity index (χ0) is 23.8. The van der Waals surface area contributed by atoms with Crippen molar-refractivity contribution in [2.24, 2.45) is 5.73 Å². The second-order valence-corrected chi connectivity index (χ2v) is 6.83. The lowest BCUT2D eigenvalue weighted by Gasteiger charge is -2.15. The summed E-state index contributed by atoms with van der Waals surface area (Å²) in [6.45, 7) is 5.30. The van der Waals surface area contributed by atoms with E-state index in [-0.39, 0.29) is 23.6 Å². The molecule has 2 aromatic rings. The fraction of sp³-hybridized carbons (Fsp3) is 0.200. The molecule has 2 rings (SSSR count). The average molecular weight is 459 g/mol. The molecule has 0 fully saturated rings. The smallest absolute Gasteiger partial charge is 0.416 e. The van der Waals surface area contributed by atoms with Crippen molar-refractivity contribution >= 4 is 22.6 Å². The number of carbonyl (C=O) groups is 2. The zero-order valence-corrected chi connectivity index (χ0v) is 17.5. The molecule has 0 spiro atoms. The summed E-state index contributed by atoms with van der Waals surface area (Å²) in [6, 6.07) is 7.35. The number of benzene rings is 2. The van der Waals surface area contributed by atoms with Crippen LogP contribution in [0.25, 0.3) is 11.1 Å². The van der Waals surface area contributed by atoms with Crippen molar-refractivity contribution in [1.82, 2.24) is 0 Å². The maximum atomic E-state index is 13.0. The third-order valence-corrected chi connectivity index (χ3v) is 3.87. The summed E-state index contributed by atoms with van der Waals surface area (Å²) in [7, 11) is -2.33. The van der Waals surface area contributed by atoms with Crippen molar-refractivity contribution in [3.05, 3.63) is 59.5 Å². The number of halogens is 3. The van der Waals surface area contributed by atoms with Crippen LogP contribution in [0.4, 0.5) is 13.2 Å². The fourth-order valence-electron chi connectivity index (χ4n) is 2.35. The Labute approximate surface area is 178 Å². The summed E-state index contributed by atoms with van der Waals surface area (Å²) in [4.78, 5) is 22.4. The Kier molecular flexibility index (Phi) is 9.41. The molecule has 0 amide bonds. The molecule has 168 valence electrons. The highest BCUT2D eigenvalue weighted by molar-refractivity contribution is 7.75. The molecule has 0 aliphatic heterocycles. The third-order valence-electron chi connectivity index (χ3n) is 3.57. The predicted octanol–water partition coefficient (Wildman–Crippen LogP) is 3.42. The van der Waals surface area contributed by atoms with E-state index in [2.05, 4.69) is 6.58 Å². The van der Waals surface area contributed by atoms with E-state index >= 15 is 0 Å². The Hall–Kier alpha value is -3.18. The highest BCUT2D eigenvalue weighted by Crippen LogP contribution is 2.37. The summed E-state index contributed by atoms with van der Waals surface area (Å²) >= 11 is 0. The van der Waals surface area contributed by atoms with Crippen molar-refractivity contribution in [1.29, 1.82) is 0 Å². The number of rotatable bonds is 5. The van der Waals surface area contributed by atoms with E-state index in [0.29, 0.717) is 11.1 Å². The van der Waals surface area contributed by atoms with Crippen molar-refractivity contribution in [3.8, 4) is 22.6 Å². The van der Waals surface area contributed by atoms with Gasteiger partial charge in [-0.25, -0.2) is 8.42 Å². The van der Waals surface area contributed by atoms with Gasteiger partial charge in [-0.3, -0.25) is 9.59 Å². The van der Waals surface area contributed by atoms with Gasteiger partial charge in [-0.2, -0.15) is 13.2 Å². The minimum Gasteiger partial charge on any atom is -0.423 e. The molecule has 0 aliphatic carbocycles. The topological polar surface area (TPSA) is 113 Å². The number of alkyl halides is 3. The van der Waals surface area contributed by atoms with E-state index in [1.165, 1.54) is 31.2 Å². The maximum absolute atomic E-state index is 13.0. The number of hydrogen-bond donors (Lipinski definition) is 2. The van der Waals surface area contributed by atoms with Gasteiger partial charge in [0, 0.05) is 25.8 Å². The summed E-state index contributed by atoms with van der Waals surface area (Å²) in [6.07, 6.45) is -4.52. The van der Waals surface area contributed by atoms with Crippen LogP contribution in [0, 0.1) is 0 Å². The molecule has 0 aliphatic rings. The van der Waals surface area contributed by atoms with Crippen LogP contribution in [0.15, 0.2) is 48.4 Å². The lowest BCUT2D eigenvalue weighted by Crippen LogP contribution is -2.08. The Bertz CT molecular complexity index is 1040. The second-order valence-electron chi connectivity index (χ2n) is 5.89. The first-order valence-electron chi connectivity index (χ1n) is 8.56. The van der Waals surface area contributed by atoms with Gasteiger partial charge in [0.1, 0.15) is 0 Å².